The molecule has 0 aliphatic heterocycles. The Balaban J connectivity index is 2.09. The first-order valence-electron chi connectivity index (χ1n) is 4.23. The van der Waals surface area contributed by atoms with Crippen LogP contribution in [0.5, 0.6) is 0 Å². The van der Waals surface area contributed by atoms with Crippen LogP contribution in [0.25, 0.3) is 0 Å². The summed E-state index contributed by atoms with van der Waals surface area (Å²) >= 11 is 0. The highest BCUT2D eigenvalue weighted by atomic mass is 16.3. The van der Waals surface area contributed by atoms with Crippen LogP contribution in [0.15, 0.2) is 6.20 Å². The molecule has 4 heteroatoms. The molecule has 3 unspecified atom stereocenters. The molecule has 0 bridgehead atoms. The Morgan fingerprint density at radius 1 is 1.75 bits per heavy atom. The molecule has 1 aromatic rings. The molecule has 0 radical (unpaired) electrons. The van der Waals surface area contributed by atoms with Gasteiger partial charge in [0.1, 0.15) is 11.8 Å². The molecule has 1 N–H and O–H groups in total. The van der Waals surface area contributed by atoms with Crippen molar-refractivity contribution in [2.24, 2.45) is 18.9 Å². The minimum Gasteiger partial charge on any atom is -0.386 e. The molecular weight excluding hydrogens is 154 g/mol. The Morgan fingerprint density at radius 2 is 2.42 bits per heavy atom. The number of aliphatic hydroxyl groups is 1. The lowest BCUT2D eigenvalue weighted by Crippen LogP contribution is -2.01. The number of hydrogen-bond acceptors (Lipinski definition) is 3. The van der Waals surface area contributed by atoms with Crippen LogP contribution < -0.4 is 0 Å². The molecule has 2 rings (SSSR count). The molecule has 1 aliphatic carbocycles. The molecule has 3 atom stereocenters. The zero-order valence-electron chi connectivity index (χ0n) is 7.31. The summed E-state index contributed by atoms with van der Waals surface area (Å²) < 4.78 is 1.62. The molecule has 1 aliphatic rings. The maximum absolute atomic E-state index is 9.73. The van der Waals surface area contributed by atoms with Crippen LogP contribution in [0, 0.1) is 11.8 Å². The number of nitrogens with zero attached hydrogens (tertiary/aromatic N) is 3. The van der Waals surface area contributed by atoms with Crippen molar-refractivity contribution < 1.29 is 5.11 Å². The van der Waals surface area contributed by atoms with Crippen molar-refractivity contribution in [3.8, 4) is 0 Å². The molecule has 1 saturated carbocycles. The lowest BCUT2D eigenvalue weighted by atomic mass is 10.1. The molecule has 12 heavy (non-hydrogen) atoms. The van der Waals surface area contributed by atoms with E-state index in [2.05, 4.69) is 17.2 Å². The van der Waals surface area contributed by atoms with Crippen LogP contribution in [-0.2, 0) is 7.05 Å². The van der Waals surface area contributed by atoms with E-state index >= 15 is 0 Å². The van der Waals surface area contributed by atoms with E-state index in [0.29, 0.717) is 17.5 Å². The summed E-state index contributed by atoms with van der Waals surface area (Å²) in [5.41, 5.74) is 0.701. The third kappa shape index (κ3) is 1.22. The first kappa shape index (κ1) is 7.73. The third-order valence-corrected chi connectivity index (χ3v) is 2.50. The molecular formula is C8H13N3O. The van der Waals surface area contributed by atoms with Gasteiger partial charge in [0.15, 0.2) is 0 Å². The van der Waals surface area contributed by atoms with E-state index in [4.69, 9.17) is 0 Å². The van der Waals surface area contributed by atoms with Crippen molar-refractivity contribution in [3.63, 3.8) is 0 Å². The summed E-state index contributed by atoms with van der Waals surface area (Å²) in [6.07, 6.45) is 2.47. The monoisotopic (exact) mass is 167 g/mol. The predicted octanol–water partition coefficient (Wildman–Crippen LogP) is 0.504. The second-order valence-corrected chi connectivity index (χ2v) is 3.64. The Hall–Kier alpha value is -0.900. The average molecular weight is 167 g/mol. The van der Waals surface area contributed by atoms with Gasteiger partial charge in [0.05, 0.1) is 6.20 Å². The van der Waals surface area contributed by atoms with Gasteiger partial charge in [0, 0.05) is 7.05 Å². The van der Waals surface area contributed by atoms with E-state index in [9.17, 15) is 5.11 Å². The van der Waals surface area contributed by atoms with Gasteiger partial charge in [-0.2, -0.15) is 0 Å². The normalized spacial score (nSPS) is 30.2. The standard InChI is InChI=1S/C8H13N3O/c1-5-3-6(5)8(12)7-4-11(2)10-9-7/h4-6,8,12H,3H2,1-2H3. The third-order valence-electron chi connectivity index (χ3n) is 2.50. The molecule has 0 amide bonds. The first-order valence-corrected chi connectivity index (χ1v) is 4.23. The van der Waals surface area contributed by atoms with Crippen LogP contribution in [-0.4, -0.2) is 20.1 Å². The number of aliphatic hydroxyl groups excluding tert-OH is 1. The SMILES string of the molecule is CC1CC1C(O)c1cn(C)nn1. The van der Waals surface area contributed by atoms with Crippen molar-refractivity contribution in [1.82, 2.24) is 15.0 Å². The fraction of sp³-hybridized carbons (Fsp3) is 0.750. The topological polar surface area (TPSA) is 50.9 Å². The Bertz CT molecular complexity index is 284. The van der Waals surface area contributed by atoms with Crippen LogP contribution in [0.3, 0.4) is 0 Å². The summed E-state index contributed by atoms with van der Waals surface area (Å²) in [6.45, 7) is 2.14. The van der Waals surface area contributed by atoms with Gasteiger partial charge in [-0.05, 0) is 18.3 Å². The summed E-state index contributed by atoms with van der Waals surface area (Å²) in [6, 6.07) is 0. The predicted molar refractivity (Wildman–Crippen MR) is 43.2 cm³/mol. The average Bonchev–Trinajstić information content (AvgIpc) is 2.58. The van der Waals surface area contributed by atoms with Crippen molar-refractivity contribution in [3.05, 3.63) is 11.9 Å². The fourth-order valence-electron chi connectivity index (χ4n) is 1.51. The quantitative estimate of drug-likeness (QED) is 0.698. The molecule has 4 nitrogen and oxygen atoms in total. The lowest BCUT2D eigenvalue weighted by molar-refractivity contribution is 0.143. The second-order valence-electron chi connectivity index (χ2n) is 3.64. The molecule has 1 heterocycles. The van der Waals surface area contributed by atoms with Crippen LogP contribution >= 0.6 is 0 Å². The smallest absolute Gasteiger partial charge is 0.111 e. The lowest BCUT2D eigenvalue weighted by Gasteiger charge is -2.03. The van der Waals surface area contributed by atoms with Crippen LogP contribution in [0.1, 0.15) is 25.1 Å². The molecule has 0 saturated heterocycles. The summed E-state index contributed by atoms with van der Waals surface area (Å²) in [4.78, 5) is 0. The maximum atomic E-state index is 9.73. The highest BCUT2D eigenvalue weighted by molar-refractivity contribution is 5.04. The van der Waals surface area contributed by atoms with Crippen molar-refractivity contribution in [2.75, 3.05) is 0 Å². The first-order chi connectivity index (χ1) is 5.68. The zero-order chi connectivity index (χ0) is 8.72. The Morgan fingerprint density at radius 3 is 2.83 bits per heavy atom. The number of rotatable bonds is 2. The maximum Gasteiger partial charge on any atom is 0.111 e. The van der Waals surface area contributed by atoms with E-state index in [1.54, 1.807) is 17.9 Å². The van der Waals surface area contributed by atoms with E-state index in [-0.39, 0.29) is 0 Å². The highest BCUT2D eigenvalue weighted by Crippen LogP contribution is 2.46. The molecule has 0 spiro atoms. The van der Waals surface area contributed by atoms with Crippen LogP contribution in [0.2, 0.25) is 0 Å². The largest absolute Gasteiger partial charge is 0.386 e. The number of aryl methyl sites for hydroxylation is 1. The molecule has 1 fully saturated rings. The van der Waals surface area contributed by atoms with Gasteiger partial charge in [-0.25, -0.2) is 0 Å². The van der Waals surface area contributed by atoms with Crippen molar-refractivity contribution >= 4 is 0 Å². The Labute approximate surface area is 71.2 Å². The zero-order valence-corrected chi connectivity index (χ0v) is 7.31. The molecule has 66 valence electrons. The number of aromatic nitrogens is 3. The van der Waals surface area contributed by atoms with Gasteiger partial charge in [-0.1, -0.05) is 12.1 Å². The summed E-state index contributed by atoms with van der Waals surface area (Å²) in [7, 11) is 1.81. The minimum absolute atomic E-state index is 0.404. The van der Waals surface area contributed by atoms with Gasteiger partial charge in [0.25, 0.3) is 0 Å². The van der Waals surface area contributed by atoms with Crippen molar-refractivity contribution in [1.29, 1.82) is 0 Å². The molecule has 0 aromatic carbocycles. The van der Waals surface area contributed by atoms with E-state index in [0.717, 1.165) is 6.42 Å². The van der Waals surface area contributed by atoms with Gasteiger partial charge in [0.2, 0.25) is 0 Å². The van der Waals surface area contributed by atoms with Gasteiger partial charge < -0.3 is 5.11 Å². The van der Waals surface area contributed by atoms with Gasteiger partial charge >= 0.3 is 0 Å². The molecule has 1 aromatic heterocycles. The summed E-state index contributed by atoms with van der Waals surface area (Å²) in [5.74, 6) is 1.05. The van der Waals surface area contributed by atoms with Crippen molar-refractivity contribution in [2.45, 2.75) is 19.4 Å². The van der Waals surface area contributed by atoms with Gasteiger partial charge in [-0.3, -0.25) is 4.68 Å². The van der Waals surface area contributed by atoms with E-state index < -0.39 is 6.10 Å². The Kier molecular flexibility index (Phi) is 1.65. The van der Waals surface area contributed by atoms with E-state index in [1.165, 1.54) is 0 Å². The number of hydrogen-bond donors (Lipinski definition) is 1. The second kappa shape index (κ2) is 2.55. The van der Waals surface area contributed by atoms with Gasteiger partial charge in [-0.15, -0.1) is 5.10 Å². The highest BCUT2D eigenvalue weighted by Gasteiger charge is 2.40. The fourth-order valence-corrected chi connectivity index (χ4v) is 1.51. The summed E-state index contributed by atoms with van der Waals surface area (Å²) in [5, 5.41) is 17.4. The van der Waals surface area contributed by atoms with E-state index in [1.807, 2.05) is 0 Å². The minimum atomic E-state index is -0.409. The van der Waals surface area contributed by atoms with Crippen LogP contribution in [0.4, 0.5) is 0 Å².